The Morgan fingerprint density at radius 1 is 1.40 bits per heavy atom. The molecule has 0 bridgehead atoms. The number of methoxy groups -OCH3 is 1. The lowest BCUT2D eigenvalue weighted by molar-refractivity contribution is -0.385. The molecule has 0 aliphatic heterocycles. The number of aromatic nitrogens is 1. The summed E-state index contributed by atoms with van der Waals surface area (Å²) in [6, 6.07) is 7.52. The molecule has 0 radical (unpaired) electrons. The first-order valence-electron chi connectivity index (χ1n) is 7.06. The number of carbonyl (C=O) groups is 1. The van der Waals surface area contributed by atoms with Crippen molar-refractivity contribution in [2.45, 2.75) is 6.61 Å². The van der Waals surface area contributed by atoms with Crippen molar-refractivity contribution in [3.8, 4) is 16.5 Å². The second kappa shape index (κ2) is 7.14. The monoisotopic (exact) mass is 360 g/mol. The van der Waals surface area contributed by atoms with Gasteiger partial charge in [0.1, 0.15) is 18.6 Å². The fourth-order valence-corrected chi connectivity index (χ4v) is 2.72. The van der Waals surface area contributed by atoms with Crippen molar-refractivity contribution in [3.05, 3.63) is 63.3 Å². The van der Waals surface area contributed by atoms with E-state index in [-0.39, 0.29) is 23.6 Å². The largest absolute Gasteiger partial charge is 0.480 e. The molecule has 0 fully saturated rings. The summed E-state index contributed by atoms with van der Waals surface area (Å²) in [5.41, 5.74) is 0.373. The molecule has 1 aromatic carbocycles. The zero-order valence-electron chi connectivity index (χ0n) is 13.0. The van der Waals surface area contributed by atoms with E-state index in [1.807, 2.05) is 17.5 Å². The van der Waals surface area contributed by atoms with Crippen molar-refractivity contribution in [1.29, 1.82) is 0 Å². The topological polar surface area (TPSA) is 105 Å². The second-order valence-corrected chi connectivity index (χ2v) is 5.79. The van der Waals surface area contributed by atoms with E-state index in [4.69, 9.17) is 9.15 Å². The van der Waals surface area contributed by atoms with Crippen LogP contribution in [0.5, 0.6) is 5.75 Å². The Morgan fingerprint density at radius 2 is 2.24 bits per heavy atom. The summed E-state index contributed by atoms with van der Waals surface area (Å²) >= 11 is 1.48. The van der Waals surface area contributed by atoms with E-state index in [0.717, 1.165) is 4.88 Å². The van der Waals surface area contributed by atoms with Gasteiger partial charge in [-0.3, -0.25) is 10.1 Å². The summed E-state index contributed by atoms with van der Waals surface area (Å²) in [7, 11) is 1.23. The van der Waals surface area contributed by atoms with Crippen molar-refractivity contribution in [2.75, 3.05) is 7.11 Å². The Kier molecular flexibility index (Phi) is 4.75. The fourth-order valence-electron chi connectivity index (χ4n) is 2.06. The SMILES string of the molecule is COC(=O)c1ccc([N+](=O)[O-])c(OCc2coc(-c3cccs3)n2)c1. The molecule has 2 heterocycles. The van der Waals surface area contributed by atoms with Crippen LogP contribution in [0.4, 0.5) is 5.69 Å². The predicted octanol–water partition coefficient (Wildman–Crippen LogP) is 3.68. The number of hydrogen-bond acceptors (Lipinski definition) is 8. The summed E-state index contributed by atoms with van der Waals surface area (Å²) in [4.78, 5) is 27.3. The van der Waals surface area contributed by atoms with Crippen molar-refractivity contribution in [1.82, 2.24) is 4.98 Å². The van der Waals surface area contributed by atoms with Crippen LogP contribution in [0.3, 0.4) is 0 Å². The lowest BCUT2D eigenvalue weighted by Crippen LogP contribution is -2.04. The van der Waals surface area contributed by atoms with E-state index in [1.54, 1.807) is 0 Å². The van der Waals surface area contributed by atoms with Crippen molar-refractivity contribution in [3.63, 3.8) is 0 Å². The highest BCUT2D eigenvalue weighted by molar-refractivity contribution is 7.13. The minimum absolute atomic E-state index is 0.0413. The number of benzene rings is 1. The number of hydrogen-bond donors (Lipinski definition) is 0. The second-order valence-electron chi connectivity index (χ2n) is 4.84. The third kappa shape index (κ3) is 3.66. The molecule has 0 saturated carbocycles. The van der Waals surface area contributed by atoms with Gasteiger partial charge in [0, 0.05) is 12.1 Å². The number of carbonyl (C=O) groups excluding carboxylic acids is 1. The van der Waals surface area contributed by atoms with E-state index in [1.165, 1.54) is 42.9 Å². The zero-order valence-corrected chi connectivity index (χ0v) is 13.8. The first-order chi connectivity index (χ1) is 12.1. The summed E-state index contributed by atoms with van der Waals surface area (Å²) in [6.45, 7) is -0.0413. The van der Waals surface area contributed by atoms with Gasteiger partial charge in [-0.25, -0.2) is 9.78 Å². The van der Waals surface area contributed by atoms with Crippen LogP contribution in [0, 0.1) is 10.1 Å². The maximum atomic E-state index is 11.6. The van der Waals surface area contributed by atoms with Gasteiger partial charge in [-0.2, -0.15) is 0 Å². The number of rotatable bonds is 6. The Bertz CT molecular complexity index is 903. The highest BCUT2D eigenvalue weighted by Crippen LogP contribution is 2.29. The van der Waals surface area contributed by atoms with Gasteiger partial charge < -0.3 is 13.9 Å². The third-order valence-electron chi connectivity index (χ3n) is 3.24. The number of nitrogens with zero attached hydrogens (tertiary/aromatic N) is 2. The Hall–Kier alpha value is -3.20. The molecule has 3 aromatic rings. The minimum atomic E-state index is -0.610. The summed E-state index contributed by atoms with van der Waals surface area (Å²) in [6.07, 6.45) is 1.42. The molecule has 0 aliphatic carbocycles. The lowest BCUT2D eigenvalue weighted by Gasteiger charge is -2.06. The van der Waals surface area contributed by atoms with E-state index in [2.05, 4.69) is 9.72 Å². The number of esters is 1. The molecule has 9 heteroatoms. The van der Waals surface area contributed by atoms with Crippen LogP contribution in [-0.4, -0.2) is 23.0 Å². The zero-order chi connectivity index (χ0) is 17.8. The third-order valence-corrected chi connectivity index (χ3v) is 4.09. The number of oxazole rings is 1. The molecule has 0 amide bonds. The number of nitro groups is 1. The molecule has 2 aromatic heterocycles. The molecule has 0 spiro atoms. The van der Waals surface area contributed by atoms with Crippen LogP contribution in [0.1, 0.15) is 16.1 Å². The van der Waals surface area contributed by atoms with Gasteiger partial charge in [-0.05, 0) is 17.5 Å². The Labute approximate surface area is 145 Å². The standard InChI is InChI=1S/C16H12N2O6S/c1-22-16(19)10-4-5-12(18(20)21)13(7-10)23-8-11-9-24-15(17-11)14-3-2-6-25-14/h2-7,9H,8H2,1H3. The molecular weight excluding hydrogens is 348 g/mol. The molecule has 25 heavy (non-hydrogen) atoms. The maximum absolute atomic E-state index is 11.6. The predicted molar refractivity (Wildman–Crippen MR) is 88.6 cm³/mol. The van der Waals surface area contributed by atoms with Crippen molar-refractivity contribution < 1.29 is 23.6 Å². The smallest absolute Gasteiger partial charge is 0.337 e. The molecule has 0 saturated heterocycles. The van der Waals surface area contributed by atoms with Gasteiger partial charge in [0.05, 0.1) is 22.5 Å². The van der Waals surface area contributed by atoms with E-state index in [0.29, 0.717) is 11.6 Å². The van der Waals surface area contributed by atoms with Crippen LogP contribution in [0.2, 0.25) is 0 Å². The molecule has 0 atom stereocenters. The highest BCUT2D eigenvalue weighted by atomic mass is 32.1. The van der Waals surface area contributed by atoms with Crippen LogP contribution in [0.15, 0.2) is 46.4 Å². The van der Waals surface area contributed by atoms with E-state index < -0.39 is 10.9 Å². The number of ether oxygens (including phenoxy) is 2. The fraction of sp³-hybridized carbons (Fsp3) is 0.125. The molecule has 8 nitrogen and oxygen atoms in total. The van der Waals surface area contributed by atoms with Gasteiger partial charge in [-0.15, -0.1) is 11.3 Å². The average Bonchev–Trinajstić information content (AvgIpc) is 3.30. The minimum Gasteiger partial charge on any atom is -0.480 e. The molecule has 0 aliphatic rings. The molecule has 128 valence electrons. The maximum Gasteiger partial charge on any atom is 0.337 e. The van der Waals surface area contributed by atoms with E-state index in [9.17, 15) is 14.9 Å². The van der Waals surface area contributed by atoms with Crippen molar-refractivity contribution >= 4 is 23.0 Å². The lowest BCUT2D eigenvalue weighted by atomic mass is 10.2. The molecule has 0 N–H and O–H groups in total. The normalized spacial score (nSPS) is 10.4. The quantitative estimate of drug-likeness (QED) is 0.375. The van der Waals surface area contributed by atoms with Crippen LogP contribution in [-0.2, 0) is 11.3 Å². The van der Waals surface area contributed by atoms with E-state index >= 15 is 0 Å². The van der Waals surface area contributed by atoms with Gasteiger partial charge in [-0.1, -0.05) is 6.07 Å². The highest BCUT2D eigenvalue weighted by Gasteiger charge is 2.19. The Morgan fingerprint density at radius 3 is 2.92 bits per heavy atom. The van der Waals surface area contributed by atoms with Gasteiger partial charge >= 0.3 is 11.7 Å². The molecule has 0 unspecified atom stereocenters. The van der Waals surface area contributed by atoms with Crippen molar-refractivity contribution in [2.24, 2.45) is 0 Å². The summed E-state index contributed by atoms with van der Waals surface area (Å²) < 4.78 is 15.5. The van der Waals surface area contributed by atoms with Crippen LogP contribution in [0.25, 0.3) is 10.8 Å². The van der Waals surface area contributed by atoms with Crippen LogP contribution >= 0.6 is 11.3 Å². The average molecular weight is 360 g/mol. The number of thiophene rings is 1. The summed E-state index contributed by atoms with van der Waals surface area (Å²) in [5.74, 6) is -0.207. The molecule has 3 rings (SSSR count). The van der Waals surface area contributed by atoms with Gasteiger partial charge in [0.2, 0.25) is 5.89 Å². The van der Waals surface area contributed by atoms with Gasteiger partial charge in [0.25, 0.3) is 0 Å². The van der Waals surface area contributed by atoms with Gasteiger partial charge in [0.15, 0.2) is 5.75 Å². The molecular formula is C16H12N2O6S. The first-order valence-corrected chi connectivity index (χ1v) is 7.94. The number of nitro benzene ring substituents is 1. The van der Waals surface area contributed by atoms with Crippen LogP contribution < -0.4 is 4.74 Å². The summed E-state index contributed by atoms with van der Waals surface area (Å²) in [5, 5.41) is 13.0. The Balaban J connectivity index is 1.80. The first kappa shape index (κ1) is 16.7.